The Hall–Kier alpha value is -3.40. The van der Waals surface area contributed by atoms with Crippen LogP contribution in [0.4, 0.5) is 17.1 Å². The zero-order chi connectivity index (χ0) is 20.1. The third-order valence-electron chi connectivity index (χ3n) is 3.81. The number of rotatable bonds is 6. The molecule has 0 aliphatic carbocycles. The molecule has 1 atom stereocenters. The number of amides is 2. The zero-order valence-corrected chi connectivity index (χ0v) is 15.6. The molecule has 1 saturated heterocycles. The molecule has 144 valence electrons. The van der Waals surface area contributed by atoms with Crippen LogP contribution in [0.1, 0.15) is 6.42 Å². The predicted octanol–water partition coefficient (Wildman–Crippen LogP) is 2.85. The standard InChI is InChI=1S/C18H16N4O5S/c1-27-12-7-8-13(14(9-12)22(25)26)20-16(23)10-15-17(24)21-18(28-15)19-11-5-3-2-4-6-11/h2-9,15H,10H2,1H3,(H,20,23)(H,19,21,24)/t15-/m0/s1. The van der Waals surface area contributed by atoms with Crippen molar-refractivity contribution < 1.29 is 19.2 Å². The van der Waals surface area contributed by atoms with Gasteiger partial charge in [0.2, 0.25) is 11.8 Å². The first-order valence-electron chi connectivity index (χ1n) is 8.20. The molecule has 2 aromatic rings. The molecule has 1 aliphatic heterocycles. The van der Waals surface area contributed by atoms with E-state index in [1.165, 1.54) is 25.3 Å². The fraction of sp³-hybridized carbons (Fsp3) is 0.167. The fourth-order valence-corrected chi connectivity index (χ4v) is 3.46. The molecule has 2 aromatic carbocycles. The summed E-state index contributed by atoms with van der Waals surface area (Å²) in [6.45, 7) is 0. The van der Waals surface area contributed by atoms with Gasteiger partial charge in [-0.25, -0.2) is 4.99 Å². The van der Waals surface area contributed by atoms with Gasteiger partial charge in [-0.1, -0.05) is 30.0 Å². The van der Waals surface area contributed by atoms with Crippen molar-refractivity contribution in [2.45, 2.75) is 11.7 Å². The van der Waals surface area contributed by atoms with E-state index < -0.39 is 16.1 Å². The number of thioether (sulfide) groups is 1. The number of aliphatic imine (C=N–C) groups is 1. The lowest BCUT2D eigenvalue weighted by Crippen LogP contribution is -2.28. The first kappa shape index (κ1) is 19.4. The maximum Gasteiger partial charge on any atom is 0.296 e. The molecule has 9 nitrogen and oxygen atoms in total. The monoisotopic (exact) mass is 400 g/mol. The number of carbonyl (C=O) groups is 2. The van der Waals surface area contributed by atoms with Crippen LogP contribution in [0.15, 0.2) is 53.5 Å². The van der Waals surface area contributed by atoms with Crippen molar-refractivity contribution in [3.8, 4) is 5.75 Å². The number of methoxy groups -OCH3 is 1. The Bertz CT molecular complexity index is 948. The van der Waals surface area contributed by atoms with Crippen LogP contribution >= 0.6 is 11.8 Å². The van der Waals surface area contributed by atoms with Crippen LogP contribution < -0.4 is 15.4 Å². The lowest BCUT2D eigenvalue weighted by Gasteiger charge is -2.09. The van der Waals surface area contributed by atoms with Crippen LogP contribution in [0, 0.1) is 10.1 Å². The summed E-state index contributed by atoms with van der Waals surface area (Å²) in [6, 6.07) is 13.2. The average molecular weight is 400 g/mol. The Kier molecular flexibility index (Phi) is 5.90. The topological polar surface area (TPSA) is 123 Å². The number of nitro groups is 1. The summed E-state index contributed by atoms with van der Waals surface area (Å²) >= 11 is 1.14. The van der Waals surface area contributed by atoms with Crippen molar-refractivity contribution in [2.24, 2.45) is 4.99 Å². The molecule has 28 heavy (non-hydrogen) atoms. The minimum Gasteiger partial charge on any atom is -0.496 e. The number of nitrogens with one attached hydrogen (secondary N) is 2. The first-order valence-corrected chi connectivity index (χ1v) is 9.08. The van der Waals surface area contributed by atoms with Crippen LogP contribution in [0.2, 0.25) is 0 Å². The van der Waals surface area contributed by atoms with Gasteiger partial charge < -0.3 is 15.4 Å². The van der Waals surface area contributed by atoms with Crippen molar-refractivity contribution in [1.29, 1.82) is 0 Å². The van der Waals surface area contributed by atoms with Crippen LogP contribution in [0.5, 0.6) is 5.75 Å². The Labute approximate surface area is 164 Å². The number of hydrogen-bond acceptors (Lipinski definition) is 7. The molecule has 1 fully saturated rings. The second kappa shape index (κ2) is 8.53. The number of anilines is 1. The van der Waals surface area contributed by atoms with Crippen LogP contribution in [-0.2, 0) is 9.59 Å². The van der Waals surface area contributed by atoms with Crippen molar-refractivity contribution in [2.75, 3.05) is 12.4 Å². The highest BCUT2D eigenvalue weighted by Crippen LogP contribution is 2.30. The average Bonchev–Trinajstić information content (AvgIpc) is 3.01. The van der Waals surface area contributed by atoms with Gasteiger partial charge in [0.1, 0.15) is 16.7 Å². The molecule has 0 bridgehead atoms. The highest BCUT2D eigenvalue weighted by atomic mass is 32.2. The number of nitro benzene ring substituents is 1. The maximum atomic E-state index is 12.3. The van der Waals surface area contributed by atoms with Gasteiger partial charge in [-0.15, -0.1) is 0 Å². The molecule has 0 spiro atoms. The molecule has 0 unspecified atom stereocenters. The summed E-state index contributed by atoms with van der Waals surface area (Å²) in [4.78, 5) is 39.3. The van der Waals surface area contributed by atoms with Gasteiger partial charge in [0.25, 0.3) is 5.69 Å². The molecule has 2 N–H and O–H groups in total. The summed E-state index contributed by atoms with van der Waals surface area (Å²) < 4.78 is 4.96. The van der Waals surface area contributed by atoms with E-state index in [9.17, 15) is 19.7 Å². The minimum absolute atomic E-state index is 0.0392. The quantitative estimate of drug-likeness (QED) is 0.568. The summed E-state index contributed by atoms with van der Waals surface area (Å²) in [5, 5.41) is 16.1. The summed E-state index contributed by atoms with van der Waals surface area (Å²) in [7, 11) is 1.39. The largest absolute Gasteiger partial charge is 0.496 e. The molecule has 3 rings (SSSR count). The number of hydrogen-bond donors (Lipinski definition) is 2. The lowest BCUT2D eigenvalue weighted by molar-refractivity contribution is -0.384. The van der Waals surface area contributed by atoms with Crippen LogP contribution in [0.25, 0.3) is 0 Å². The second-order valence-corrected chi connectivity index (χ2v) is 6.93. The van der Waals surface area contributed by atoms with E-state index in [1.807, 2.05) is 18.2 Å². The Morgan fingerprint density at radius 3 is 2.75 bits per heavy atom. The van der Waals surface area contributed by atoms with Crippen molar-refractivity contribution in [3.05, 3.63) is 58.6 Å². The smallest absolute Gasteiger partial charge is 0.296 e. The lowest BCUT2D eigenvalue weighted by atomic mass is 10.2. The van der Waals surface area contributed by atoms with E-state index in [4.69, 9.17) is 4.74 Å². The van der Waals surface area contributed by atoms with Gasteiger partial charge in [0, 0.05) is 6.42 Å². The normalized spacial score (nSPS) is 17.2. The van der Waals surface area contributed by atoms with Crippen molar-refractivity contribution >= 4 is 45.8 Å². The summed E-state index contributed by atoms with van der Waals surface area (Å²) in [6.07, 6.45) is -0.145. The van der Waals surface area contributed by atoms with Gasteiger partial charge >= 0.3 is 0 Å². The molecular weight excluding hydrogens is 384 g/mol. The highest BCUT2D eigenvalue weighted by Gasteiger charge is 2.32. The third-order valence-corrected chi connectivity index (χ3v) is 4.89. The van der Waals surface area contributed by atoms with Gasteiger partial charge in [-0.2, -0.15) is 0 Å². The van der Waals surface area contributed by atoms with Crippen molar-refractivity contribution in [1.82, 2.24) is 5.32 Å². The Balaban J connectivity index is 1.66. The number of para-hydroxylation sites is 1. The molecule has 2 amide bonds. The van der Waals surface area contributed by atoms with E-state index in [1.54, 1.807) is 12.1 Å². The van der Waals surface area contributed by atoms with Gasteiger partial charge in [-0.3, -0.25) is 19.7 Å². The van der Waals surface area contributed by atoms with Crippen LogP contribution in [-0.4, -0.2) is 34.3 Å². The van der Waals surface area contributed by atoms with E-state index in [0.717, 1.165) is 11.8 Å². The Morgan fingerprint density at radius 2 is 2.07 bits per heavy atom. The van der Waals surface area contributed by atoms with E-state index in [2.05, 4.69) is 15.6 Å². The number of ether oxygens (including phenoxy) is 1. The molecule has 0 saturated carbocycles. The molecule has 0 radical (unpaired) electrons. The molecule has 1 heterocycles. The Morgan fingerprint density at radius 1 is 1.32 bits per heavy atom. The fourth-order valence-electron chi connectivity index (χ4n) is 2.48. The number of nitrogens with zero attached hydrogens (tertiary/aromatic N) is 2. The van der Waals surface area contributed by atoms with Gasteiger partial charge in [-0.05, 0) is 24.3 Å². The summed E-state index contributed by atoms with van der Waals surface area (Å²) in [5.41, 5.74) is 0.434. The zero-order valence-electron chi connectivity index (χ0n) is 14.7. The van der Waals surface area contributed by atoms with Gasteiger partial charge in [0.05, 0.1) is 23.8 Å². The summed E-state index contributed by atoms with van der Waals surface area (Å²) in [5.74, 6) is -0.543. The highest BCUT2D eigenvalue weighted by molar-refractivity contribution is 8.15. The first-order chi connectivity index (χ1) is 13.5. The number of benzene rings is 2. The van der Waals surface area contributed by atoms with E-state index in [0.29, 0.717) is 16.6 Å². The second-order valence-electron chi connectivity index (χ2n) is 5.74. The van der Waals surface area contributed by atoms with Crippen molar-refractivity contribution in [3.63, 3.8) is 0 Å². The van der Waals surface area contributed by atoms with E-state index >= 15 is 0 Å². The van der Waals surface area contributed by atoms with Crippen LogP contribution in [0.3, 0.4) is 0 Å². The molecule has 1 aliphatic rings. The SMILES string of the molecule is COc1ccc(NC(=O)C[C@@H]2SC(=Nc3ccccc3)NC2=O)c([N+](=O)[O-])c1. The molecule has 0 aromatic heterocycles. The number of amidine groups is 1. The third kappa shape index (κ3) is 4.65. The molecule has 10 heteroatoms. The maximum absolute atomic E-state index is 12.3. The number of carbonyl (C=O) groups excluding carboxylic acids is 2. The molecular formula is C18H16N4O5S. The predicted molar refractivity (Wildman–Crippen MR) is 106 cm³/mol. The van der Waals surface area contributed by atoms with Gasteiger partial charge in [0.15, 0.2) is 5.17 Å². The minimum atomic E-state index is -0.667. The van der Waals surface area contributed by atoms with E-state index in [-0.39, 0.29) is 23.7 Å².